The van der Waals surface area contributed by atoms with Gasteiger partial charge in [-0.15, -0.1) is 0 Å². The molecule has 0 unspecified atom stereocenters. The van der Waals surface area contributed by atoms with Crippen LogP contribution in [-0.4, -0.2) is 0 Å². The second-order valence-electron chi connectivity index (χ2n) is 0.0680. The van der Waals surface area contributed by atoms with Crippen LogP contribution in [0.25, 0.3) is 0 Å². The Morgan fingerprint density at radius 2 is 1.20 bits per heavy atom. The van der Waals surface area contributed by atoms with Crippen molar-refractivity contribution < 1.29 is 51.5 Å². The van der Waals surface area contributed by atoms with Crippen LogP contribution >= 0.6 is 19.6 Å². The van der Waals surface area contributed by atoms with E-state index < -0.39 is 0 Å². The molecule has 5 heteroatoms. The average Bonchev–Trinajstić information content (AvgIpc) is 0.918. The van der Waals surface area contributed by atoms with Crippen molar-refractivity contribution in [1.82, 2.24) is 0 Å². The van der Waals surface area contributed by atoms with Gasteiger partial charge in [0.25, 0.3) is 0 Å². The summed E-state index contributed by atoms with van der Waals surface area (Å²) in [4.78, 5) is 0. The van der Waals surface area contributed by atoms with Crippen molar-refractivity contribution in [2.45, 2.75) is 0 Å². The Kier molecular flexibility index (Phi) is 51.0. The molecule has 0 bridgehead atoms. The van der Waals surface area contributed by atoms with Crippen molar-refractivity contribution in [3.63, 3.8) is 0 Å². The van der Waals surface area contributed by atoms with Crippen molar-refractivity contribution in [2.24, 2.45) is 0 Å². The minimum atomic E-state index is -0.363. The van der Waals surface area contributed by atoms with E-state index in [-0.39, 0.29) is 51.5 Å². The van der Waals surface area contributed by atoms with E-state index in [9.17, 15) is 0 Å². The topological polar surface area (TPSA) is 0 Å². The molecule has 0 heterocycles. The Labute approximate surface area is 70.1 Å². The summed E-state index contributed by atoms with van der Waals surface area (Å²) >= 11 is -0.363. The zero-order chi connectivity index (χ0) is 2.71. The summed E-state index contributed by atoms with van der Waals surface area (Å²) in [5, 5.41) is 0. The molecular weight excluding hydrogens is 327 g/mol. The van der Waals surface area contributed by atoms with E-state index in [0.717, 1.165) is 0 Å². The van der Waals surface area contributed by atoms with E-state index in [2.05, 4.69) is 19.6 Å². The summed E-state index contributed by atoms with van der Waals surface area (Å²) in [6, 6.07) is 0. The molecule has 0 aromatic heterocycles. The summed E-state index contributed by atoms with van der Waals surface area (Å²) in [5.74, 6) is 0. The zero-order valence-corrected chi connectivity index (χ0v) is 8.08. The molecule has 0 aliphatic carbocycles. The van der Waals surface area contributed by atoms with Crippen molar-refractivity contribution in [3.05, 3.63) is 0 Å². The average molecular weight is 327 g/mol. The molecule has 0 aliphatic heterocycles. The quantitative estimate of drug-likeness (QED) is 0.615. The van der Waals surface area contributed by atoms with Gasteiger partial charge in [-0.05, 0) is 0 Å². The molecule has 2 radical (unpaired) electrons. The van der Waals surface area contributed by atoms with Crippen LogP contribution in [0.3, 0.4) is 0 Å². The minimum absolute atomic E-state index is 0. The van der Waals surface area contributed by atoms with Crippen LogP contribution < -0.4 is 0 Å². The molecule has 0 fully saturated rings. The van der Waals surface area contributed by atoms with Gasteiger partial charge in [-0.3, -0.25) is 0 Å². The van der Waals surface area contributed by atoms with Gasteiger partial charge in [-0.25, -0.2) is 0 Å². The summed E-state index contributed by atoms with van der Waals surface area (Å²) in [7, 11) is 8.68. The number of hydrogen-bond acceptors (Lipinski definition) is 2. The van der Waals surface area contributed by atoms with E-state index in [4.69, 9.17) is 0 Å². The molecule has 0 aliphatic rings. The van der Waals surface area contributed by atoms with E-state index in [1.54, 1.807) is 0 Å². The molecular formula is CuMoRhS2. The van der Waals surface area contributed by atoms with Gasteiger partial charge in [-0.2, -0.15) is 0 Å². The van der Waals surface area contributed by atoms with Crippen LogP contribution in [0.4, 0.5) is 0 Å². The molecule has 0 amide bonds. The maximum absolute atomic E-state index is 4.34. The molecule has 0 atom stereocenters. The second kappa shape index (κ2) is 16.3. The predicted molar refractivity (Wildman–Crippen MR) is 15.2 cm³/mol. The Hall–Kier alpha value is 2.27. The van der Waals surface area contributed by atoms with Gasteiger partial charge in [-0.1, -0.05) is 0 Å². The third kappa shape index (κ3) is 22.2. The van der Waals surface area contributed by atoms with Crippen LogP contribution in [-0.2, 0) is 51.5 Å². The third-order valence-electron chi connectivity index (χ3n) is 0. The fraction of sp³-hybridized carbons (Fsp3) is 0. The Morgan fingerprint density at radius 1 is 1.20 bits per heavy atom. The van der Waals surface area contributed by atoms with Gasteiger partial charge in [0.2, 0.25) is 0 Å². The van der Waals surface area contributed by atoms with Gasteiger partial charge < -0.3 is 0 Å². The molecule has 0 nitrogen and oxygen atoms in total. The molecule has 38 valence electrons. The molecule has 0 N–H and O–H groups in total. The van der Waals surface area contributed by atoms with E-state index in [1.807, 2.05) is 0 Å². The molecule has 0 rings (SSSR count). The first-order chi connectivity index (χ1) is 1.41. The van der Waals surface area contributed by atoms with Crippen molar-refractivity contribution >= 4 is 19.6 Å². The first-order valence-corrected chi connectivity index (χ1v) is 5.92. The maximum atomic E-state index is 4.34. The van der Waals surface area contributed by atoms with Gasteiger partial charge in [0.05, 0.1) is 0 Å². The van der Waals surface area contributed by atoms with Gasteiger partial charge in [0.15, 0.2) is 0 Å². The van der Waals surface area contributed by atoms with Crippen LogP contribution in [0, 0.1) is 0 Å². The standard InChI is InChI=1S/Cu.Mo.Rh.2S. The molecule has 0 spiro atoms. The van der Waals surface area contributed by atoms with Crippen LogP contribution in [0.1, 0.15) is 0 Å². The summed E-state index contributed by atoms with van der Waals surface area (Å²) in [6.07, 6.45) is 0. The van der Waals surface area contributed by atoms with Crippen LogP contribution in [0.5, 0.6) is 0 Å². The van der Waals surface area contributed by atoms with Crippen molar-refractivity contribution in [3.8, 4) is 0 Å². The summed E-state index contributed by atoms with van der Waals surface area (Å²) in [6.45, 7) is 0. The Morgan fingerprint density at radius 3 is 1.20 bits per heavy atom. The van der Waals surface area contributed by atoms with Crippen LogP contribution in [0.2, 0.25) is 0 Å². The van der Waals surface area contributed by atoms with Crippen LogP contribution in [0.15, 0.2) is 0 Å². The van der Waals surface area contributed by atoms with E-state index in [1.165, 1.54) is 0 Å². The van der Waals surface area contributed by atoms with Gasteiger partial charge in [0.1, 0.15) is 0 Å². The molecule has 0 aromatic carbocycles. The van der Waals surface area contributed by atoms with Crippen molar-refractivity contribution in [1.29, 1.82) is 0 Å². The molecule has 0 saturated heterocycles. The second-order valence-corrected chi connectivity index (χ2v) is 3.62. The molecule has 0 aromatic rings. The number of rotatable bonds is 0. The summed E-state index contributed by atoms with van der Waals surface area (Å²) < 4.78 is 0. The normalized spacial score (nSPS) is 2.40. The Balaban J connectivity index is -0.0000000200. The zero-order valence-electron chi connectivity index (χ0n) is 1.86. The third-order valence-corrected chi connectivity index (χ3v) is 0. The van der Waals surface area contributed by atoms with Gasteiger partial charge >= 0.3 is 34.6 Å². The number of hydrogen-bond donors (Lipinski definition) is 0. The van der Waals surface area contributed by atoms with Gasteiger partial charge in [0, 0.05) is 36.5 Å². The fourth-order valence-corrected chi connectivity index (χ4v) is 0. The Bertz CT molecular complexity index is 30.6. The van der Waals surface area contributed by atoms with Crippen molar-refractivity contribution in [2.75, 3.05) is 0 Å². The van der Waals surface area contributed by atoms with E-state index >= 15 is 0 Å². The SMILES string of the molecule is [Cu].[Rh].[S]=[Mo]=[S]. The molecule has 5 heavy (non-hydrogen) atoms. The molecule has 0 saturated carbocycles. The first-order valence-electron chi connectivity index (χ1n) is 0.333. The predicted octanol–water partition coefficient (Wildman–Crippen LogP) is 1.29. The fourth-order valence-electron chi connectivity index (χ4n) is 0. The first kappa shape index (κ1) is 15.7. The summed E-state index contributed by atoms with van der Waals surface area (Å²) in [5.41, 5.74) is 0. The monoisotopic (exact) mass is 328 g/mol. The van der Waals surface area contributed by atoms with E-state index in [0.29, 0.717) is 0 Å².